The third-order valence-electron chi connectivity index (χ3n) is 5.20. The zero-order valence-electron chi connectivity index (χ0n) is 16.0. The largest absolute Gasteiger partial charge is 0.353 e. The first-order chi connectivity index (χ1) is 15.3. The number of benzene rings is 1. The molecule has 1 aromatic carbocycles. The highest BCUT2D eigenvalue weighted by atomic mass is 19.1. The number of rotatable bonds is 3. The van der Waals surface area contributed by atoms with Gasteiger partial charge in [-0.25, -0.2) is 19.3 Å². The van der Waals surface area contributed by atoms with E-state index in [1.54, 1.807) is 36.8 Å². The predicted octanol–water partition coefficient (Wildman–Crippen LogP) is 4.76. The summed E-state index contributed by atoms with van der Waals surface area (Å²) in [4.78, 5) is 20.7. The molecule has 31 heavy (non-hydrogen) atoms. The molecule has 0 spiro atoms. The van der Waals surface area contributed by atoms with Crippen LogP contribution >= 0.6 is 0 Å². The minimum atomic E-state index is -0.313. The summed E-state index contributed by atoms with van der Waals surface area (Å²) >= 11 is 0. The second-order valence-corrected chi connectivity index (χ2v) is 7.08. The predicted molar refractivity (Wildman–Crippen MR) is 115 cm³/mol. The van der Waals surface area contributed by atoms with Crippen LogP contribution in [-0.4, -0.2) is 35.1 Å². The molecule has 0 amide bonds. The molecule has 0 radical (unpaired) electrons. The lowest BCUT2D eigenvalue weighted by Gasteiger charge is -2.03. The van der Waals surface area contributed by atoms with Gasteiger partial charge < -0.3 is 4.98 Å². The molecule has 0 unspecified atom stereocenters. The van der Waals surface area contributed by atoms with E-state index < -0.39 is 0 Å². The van der Waals surface area contributed by atoms with E-state index in [0.717, 1.165) is 33.4 Å². The van der Waals surface area contributed by atoms with Gasteiger partial charge in [0.05, 0.1) is 22.6 Å². The summed E-state index contributed by atoms with van der Waals surface area (Å²) in [5.74, 6) is -0.313. The number of nitrogens with zero attached hydrogens (tertiary/aromatic N) is 5. The number of halogens is 1. The van der Waals surface area contributed by atoms with E-state index in [2.05, 4.69) is 30.1 Å². The van der Waals surface area contributed by atoms with Gasteiger partial charge in [0.1, 0.15) is 23.4 Å². The molecule has 5 aromatic heterocycles. The van der Waals surface area contributed by atoms with Crippen molar-refractivity contribution in [3.05, 3.63) is 79.3 Å². The van der Waals surface area contributed by atoms with Crippen LogP contribution in [0.2, 0.25) is 0 Å². The topological polar surface area (TPSA) is 96.0 Å². The molecule has 0 fully saturated rings. The van der Waals surface area contributed by atoms with Crippen LogP contribution in [0.4, 0.5) is 4.39 Å². The number of aromatic nitrogens is 7. The van der Waals surface area contributed by atoms with Crippen molar-refractivity contribution in [3.63, 3.8) is 0 Å². The number of pyridine rings is 2. The maximum absolute atomic E-state index is 14.4. The molecule has 0 saturated heterocycles. The van der Waals surface area contributed by atoms with Crippen molar-refractivity contribution in [1.29, 1.82) is 0 Å². The lowest BCUT2D eigenvalue weighted by atomic mass is 10.1. The minimum Gasteiger partial charge on any atom is -0.353 e. The first-order valence-corrected chi connectivity index (χ1v) is 9.61. The van der Waals surface area contributed by atoms with Gasteiger partial charge in [0, 0.05) is 40.6 Å². The number of hydrogen-bond donors (Lipinski definition) is 2. The second kappa shape index (κ2) is 6.81. The number of nitrogens with one attached hydrogen (secondary N) is 2. The molecule has 0 aliphatic carbocycles. The van der Waals surface area contributed by atoms with E-state index in [9.17, 15) is 4.39 Å². The van der Waals surface area contributed by atoms with Crippen molar-refractivity contribution in [2.45, 2.75) is 0 Å². The molecule has 6 aromatic rings. The van der Waals surface area contributed by atoms with Crippen molar-refractivity contribution in [1.82, 2.24) is 35.1 Å². The molecule has 6 rings (SSSR count). The highest BCUT2D eigenvalue weighted by Gasteiger charge is 2.17. The molecule has 0 bridgehead atoms. The Balaban J connectivity index is 1.53. The smallest absolute Gasteiger partial charge is 0.135 e. The fraction of sp³-hybridized carbons (Fsp3) is 0. The van der Waals surface area contributed by atoms with Crippen LogP contribution in [0.15, 0.2) is 73.4 Å². The number of aromatic amines is 2. The first-order valence-electron chi connectivity index (χ1n) is 9.61. The normalized spacial score (nSPS) is 11.4. The molecular formula is C23H14FN7. The summed E-state index contributed by atoms with van der Waals surface area (Å²) < 4.78 is 14.4. The molecule has 0 atom stereocenters. The van der Waals surface area contributed by atoms with Crippen molar-refractivity contribution < 1.29 is 4.39 Å². The van der Waals surface area contributed by atoms with Crippen molar-refractivity contribution >= 4 is 21.9 Å². The van der Waals surface area contributed by atoms with Crippen molar-refractivity contribution in [3.8, 4) is 33.9 Å². The van der Waals surface area contributed by atoms with Crippen LogP contribution < -0.4 is 0 Å². The summed E-state index contributed by atoms with van der Waals surface area (Å²) in [6, 6.07) is 14.2. The molecule has 2 N–H and O–H groups in total. The molecule has 148 valence electrons. The van der Waals surface area contributed by atoms with Gasteiger partial charge in [0.25, 0.3) is 0 Å². The highest BCUT2D eigenvalue weighted by Crippen LogP contribution is 2.33. The second-order valence-electron chi connectivity index (χ2n) is 7.08. The Morgan fingerprint density at radius 2 is 1.74 bits per heavy atom. The molecule has 0 aliphatic rings. The molecule has 0 saturated carbocycles. The maximum Gasteiger partial charge on any atom is 0.135 e. The maximum atomic E-state index is 14.4. The summed E-state index contributed by atoms with van der Waals surface area (Å²) in [7, 11) is 0. The highest BCUT2D eigenvalue weighted by molar-refractivity contribution is 5.99. The van der Waals surface area contributed by atoms with Crippen LogP contribution in [0.25, 0.3) is 55.8 Å². The summed E-state index contributed by atoms with van der Waals surface area (Å²) in [5, 5.41) is 8.31. The van der Waals surface area contributed by atoms with E-state index in [1.807, 2.05) is 24.3 Å². The monoisotopic (exact) mass is 407 g/mol. The van der Waals surface area contributed by atoms with Gasteiger partial charge >= 0.3 is 0 Å². The third kappa shape index (κ3) is 2.84. The summed E-state index contributed by atoms with van der Waals surface area (Å²) in [6.07, 6.45) is 6.59. The average molecular weight is 407 g/mol. The van der Waals surface area contributed by atoms with Gasteiger partial charge in [-0.05, 0) is 36.4 Å². The zero-order valence-corrected chi connectivity index (χ0v) is 16.0. The van der Waals surface area contributed by atoms with Crippen LogP contribution in [0.1, 0.15) is 0 Å². The average Bonchev–Trinajstić information content (AvgIpc) is 3.43. The third-order valence-corrected chi connectivity index (χ3v) is 5.20. The van der Waals surface area contributed by atoms with E-state index in [-0.39, 0.29) is 5.82 Å². The Bertz CT molecular complexity index is 1550. The standard InChI is InChI=1S/C23H14FN7/c24-16-4-2-1-3-14(16)21-15-9-20(28-18(15)7-8-27-21)23-22-19(30-31-23)6-5-17(29-22)13-10-25-12-26-11-13/h1-12,28H,(H,30,31). The van der Waals surface area contributed by atoms with E-state index in [0.29, 0.717) is 22.5 Å². The van der Waals surface area contributed by atoms with Crippen molar-refractivity contribution in [2.75, 3.05) is 0 Å². The fourth-order valence-electron chi connectivity index (χ4n) is 3.73. The Hall–Kier alpha value is -4.46. The van der Waals surface area contributed by atoms with Gasteiger partial charge in [0.15, 0.2) is 0 Å². The summed E-state index contributed by atoms with van der Waals surface area (Å²) in [5.41, 5.74) is 6.40. The first kappa shape index (κ1) is 17.4. The number of hydrogen-bond acceptors (Lipinski definition) is 5. The van der Waals surface area contributed by atoms with Crippen LogP contribution in [-0.2, 0) is 0 Å². The van der Waals surface area contributed by atoms with Gasteiger partial charge in [0.2, 0.25) is 0 Å². The van der Waals surface area contributed by atoms with Gasteiger partial charge in [-0.2, -0.15) is 5.10 Å². The molecule has 8 heteroatoms. The number of fused-ring (bicyclic) bond motifs is 2. The Kier molecular flexibility index (Phi) is 3.82. The Morgan fingerprint density at radius 3 is 2.61 bits per heavy atom. The van der Waals surface area contributed by atoms with Gasteiger partial charge in [-0.15, -0.1) is 0 Å². The minimum absolute atomic E-state index is 0.313. The SMILES string of the molecule is Fc1ccccc1-c1nccc2[nH]c(-c3n[nH]c4ccc(-c5cncnc5)nc34)cc12. The summed E-state index contributed by atoms with van der Waals surface area (Å²) in [6.45, 7) is 0. The lowest BCUT2D eigenvalue weighted by Crippen LogP contribution is -1.87. The van der Waals surface area contributed by atoms with Gasteiger partial charge in [-0.3, -0.25) is 10.1 Å². The van der Waals surface area contributed by atoms with E-state index >= 15 is 0 Å². The Morgan fingerprint density at radius 1 is 0.871 bits per heavy atom. The van der Waals surface area contributed by atoms with Crippen LogP contribution in [0.5, 0.6) is 0 Å². The molecule has 7 nitrogen and oxygen atoms in total. The van der Waals surface area contributed by atoms with E-state index in [1.165, 1.54) is 12.4 Å². The van der Waals surface area contributed by atoms with Crippen LogP contribution in [0.3, 0.4) is 0 Å². The molecule has 5 heterocycles. The molecular weight excluding hydrogens is 393 g/mol. The van der Waals surface area contributed by atoms with E-state index in [4.69, 9.17) is 4.98 Å². The number of H-pyrrole nitrogens is 2. The zero-order chi connectivity index (χ0) is 20.8. The quantitative estimate of drug-likeness (QED) is 0.441. The Labute approximate surface area is 175 Å². The fourth-order valence-corrected chi connectivity index (χ4v) is 3.73. The van der Waals surface area contributed by atoms with Crippen LogP contribution in [0, 0.1) is 5.82 Å². The lowest BCUT2D eigenvalue weighted by molar-refractivity contribution is 0.631. The van der Waals surface area contributed by atoms with Crippen molar-refractivity contribution in [2.24, 2.45) is 0 Å². The van der Waals surface area contributed by atoms with Gasteiger partial charge in [-0.1, -0.05) is 12.1 Å². The molecule has 0 aliphatic heterocycles.